The summed E-state index contributed by atoms with van der Waals surface area (Å²) in [5.74, 6) is 0.500. The number of carbonyl (C=O) groups excluding carboxylic acids is 2. The van der Waals surface area contributed by atoms with E-state index in [2.05, 4.69) is 10.6 Å². The molecule has 0 atom stereocenters. The van der Waals surface area contributed by atoms with Crippen molar-refractivity contribution in [2.45, 2.75) is 49.8 Å². The maximum atomic E-state index is 11.9. The van der Waals surface area contributed by atoms with Gasteiger partial charge < -0.3 is 16.4 Å². The van der Waals surface area contributed by atoms with Crippen molar-refractivity contribution in [3.8, 4) is 0 Å². The fourth-order valence-electron chi connectivity index (χ4n) is 2.95. The molecule has 2 rings (SSSR count). The molecule has 20 heavy (non-hydrogen) atoms. The molecule has 0 aromatic heterocycles. The second kappa shape index (κ2) is 7.88. The van der Waals surface area contributed by atoms with Crippen LogP contribution in [0.1, 0.15) is 38.5 Å². The number of thioether (sulfide) groups is 1. The van der Waals surface area contributed by atoms with Crippen molar-refractivity contribution >= 4 is 23.6 Å². The number of nitrogens with two attached hydrogens (primary N) is 1. The lowest BCUT2D eigenvalue weighted by molar-refractivity contribution is -0.122. The molecule has 4 N–H and O–H groups in total. The van der Waals surface area contributed by atoms with E-state index in [1.165, 1.54) is 0 Å². The van der Waals surface area contributed by atoms with E-state index >= 15 is 0 Å². The first-order chi connectivity index (χ1) is 9.65. The zero-order valence-electron chi connectivity index (χ0n) is 11.9. The molecule has 1 saturated heterocycles. The highest BCUT2D eigenvalue weighted by Crippen LogP contribution is 2.24. The second-order valence-electron chi connectivity index (χ2n) is 5.78. The molecule has 0 aromatic rings. The number of nitrogens with one attached hydrogen (secondary N) is 2. The molecule has 2 amide bonds. The first-order valence-electron chi connectivity index (χ1n) is 7.56. The van der Waals surface area contributed by atoms with Crippen molar-refractivity contribution in [2.75, 3.05) is 18.8 Å². The highest BCUT2D eigenvalue weighted by molar-refractivity contribution is 8.00. The number of rotatable bonds is 5. The van der Waals surface area contributed by atoms with Gasteiger partial charge in [-0.1, -0.05) is 0 Å². The van der Waals surface area contributed by atoms with Crippen molar-refractivity contribution in [3.05, 3.63) is 0 Å². The van der Waals surface area contributed by atoms with E-state index in [4.69, 9.17) is 5.73 Å². The summed E-state index contributed by atoms with van der Waals surface area (Å²) < 4.78 is 0. The van der Waals surface area contributed by atoms with Crippen LogP contribution >= 0.6 is 11.8 Å². The predicted molar refractivity (Wildman–Crippen MR) is 81.4 cm³/mol. The Morgan fingerprint density at radius 2 is 1.75 bits per heavy atom. The SMILES string of the molecule is NC(=O)C1CCC(NC(=O)CSC2CCNCC2)CC1. The van der Waals surface area contributed by atoms with E-state index in [1.54, 1.807) is 11.8 Å². The van der Waals surface area contributed by atoms with E-state index in [0.717, 1.165) is 51.6 Å². The van der Waals surface area contributed by atoms with E-state index in [1.807, 2.05) is 0 Å². The van der Waals surface area contributed by atoms with E-state index < -0.39 is 0 Å². The number of hydrogen-bond acceptors (Lipinski definition) is 4. The Morgan fingerprint density at radius 3 is 2.35 bits per heavy atom. The monoisotopic (exact) mass is 299 g/mol. The van der Waals surface area contributed by atoms with Crippen LogP contribution in [-0.2, 0) is 9.59 Å². The third-order valence-corrected chi connectivity index (χ3v) is 5.60. The second-order valence-corrected chi connectivity index (χ2v) is 7.07. The number of primary amides is 1. The van der Waals surface area contributed by atoms with Gasteiger partial charge in [-0.15, -0.1) is 11.8 Å². The van der Waals surface area contributed by atoms with Crippen LogP contribution in [0.3, 0.4) is 0 Å². The molecule has 0 unspecified atom stereocenters. The van der Waals surface area contributed by atoms with Gasteiger partial charge in [0.15, 0.2) is 0 Å². The number of piperidine rings is 1. The molecular formula is C14H25N3O2S. The van der Waals surface area contributed by atoms with Gasteiger partial charge in [-0.2, -0.15) is 0 Å². The van der Waals surface area contributed by atoms with Gasteiger partial charge in [-0.05, 0) is 51.6 Å². The third-order valence-electron chi connectivity index (χ3n) is 4.23. The van der Waals surface area contributed by atoms with E-state index in [9.17, 15) is 9.59 Å². The fourth-order valence-corrected chi connectivity index (χ4v) is 3.99. The molecule has 1 aliphatic heterocycles. The molecule has 0 spiro atoms. The fraction of sp³-hybridized carbons (Fsp3) is 0.857. The Bertz CT molecular complexity index is 337. The Morgan fingerprint density at radius 1 is 1.10 bits per heavy atom. The number of amides is 2. The minimum absolute atomic E-state index is 0.00673. The molecule has 1 saturated carbocycles. The van der Waals surface area contributed by atoms with Gasteiger partial charge in [0, 0.05) is 17.2 Å². The Hall–Kier alpha value is -0.750. The molecule has 2 aliphatic rings. The van der Waals surface area contributed by atoms with Crippen LogP contribution < -0.4 is 16.4 Å². The quantitative estimate of drug-likeness (QED) is 0.695. The smallest absolute Gasteiger partial charge is 0.230 e. The van der Waals surface area contributed by atoms with Crippen LogP contribution in [0.25, 0.3) is 0 Å². The van der Waals surface area contributed by atoms with Crippen molar-refractivity contribution in [1.29, 1.82) is 0 Å². The zero-order valence-corrected chi connectivity index (χ0v) is 12.7. The van der Waals surface area contributed by atoms with Crippen molar-refractivity contribution < 1.29 is 9.59 Å². The Labute approximate surface area is 124 Å². The lowest BCUT2D eigenvalue weighted by atomic mass is 9.85. The van der Waals surface area contributed by atoms with Gasteiger partial charge in [-0.25, -0.2) is 0 Å². The van der Waals surface area contributed by atoms with Gasteiger partial charge >= 0.3 is 0 Å². The molecule has 0 radical (unpaired) electrons. The van der Waals surface area contributed by atoms with Crippen molar-refractivity contribution in [1.82, 2.24) is 10.6 Å². The summed E-state index contributed by atoms with van der Waals surface area (Å²) in [5, 5.41) is 7.04. The van der Waals surface area contributed by atoms with E-state index in [-0.39, 0.29) is 23.8 Å². The summed E-state index contributed by atoms with van der Waals surface area (Å²) in [7, 11) is 0. The summed E-state index contributed by atoms with van der Waals surface area (Å²) >= 11 is 1.77. The normalized spacial score (nSPS) is 28.0. The minimum Gasteiger partial charge on any atom is -0.369 e. The highest BCUT2D eigenvalue weighted by Gasteiger charge is 2.25. The summed E-state index contributed by atoms with van der Waals surface area (Å²) in [6.45, 7) is 2.13. The first kappa shape index (κ1) is 15.6. The lowest BCUT2D eigenvalue weighted by Gasteiger charge is -2.27. The Kier molecular flexibility index (Phi) is 6.16. The first-order valence-corrected chi connectivity index (χ1v) is 8.61. The van der Waals surface area contributed by atoms with Crippen molar-refractivity contribution in [2.24, 2.45) is 11.7 Å². The molecule has 1 aliphatic carbocycles. The van der Waals surface area contributed by atoms with Crippen LogP contribution in [-0.4, -0.2) is 41.9 Å². The summed E-state index contributed by atoms with van der Waals surface area (Å²) in [4.78, 5) is 23.0. The average molecular weight is 299 g/mol. The molecular weight excluding hydrogens is 274 g/mol. The third kappa shape index (κ3) is 4.98. The Balaban J connectivity index is 1.61. The van der Waals surface area contributed by atoms with Gasteiger partial charge in [0.2, 0.25) is 11.8 Å². The molecule has 0 aromatic carbocycles. The van der Waals surface area contributed by atoms with Crippen molar-refractivity contribution in [3.63, 3.8) is 0 Å². The number of hydrogen-bond donors (Lipinski definition) is 3. The zero-order chi connectivity index (χ0) is 14.4. The highest BCUT2D eigenvalue weighted by atomic mass is 32.2. The lowest BCUT2D eigenvalue weighted by Crippen LogP contribution is -2.40. The van der Waals surface area contributed by atoms with Crippen LogP contribution in [0.4, 0.5) is 0 Å². The summed E-state index contributed by atoms with van der Waals surface area (Å²) in [6.07, 6.45) is 5.67. The summed E-state index contributed by atoms with van der Waals surface area (Å²) in [6, 6.07) is 0.228. The predicted octanol–water partition coefficient (Wildman–Crippen LogP) is 0.632. The molecule has 6 heteroatoms. The molecule has 2 fully saturated rings. The minimum atomic E-state index is -0.198. The molecule has 114 valence electrons. The van der Waals surface area contributed by atoms with Gasteiger partial charge in [0.1, 0.15) is 0 Å². The van der Waals surface area contributed by atoms with Crippen LogP contribution in [0.2, 0.25) is 0 Å². The van der Waals surface area contributed by atoms with Crippen LogP contribution in [0.15, 0.2) is 0 Å². The van der Waals surface area contributed by atoms with E-state index in [0.29, 0.717) is 11.0 Å². The topological polar surface area (TPSA) is 84.2 Å². The largest absolute Gasteiger partial charge is 0.369 e. The van der Waals surface area contributed by atoms with Crippen LogP contribution in [0.5, 0.6) is 0 Å². The summed E-state index contributed by atoms with van der Waals surface area (Å²) in [5.41, 5.74) is 5.31. The standard InChI is InChI=1S/C14H25N3O2S/c15-14(19)10-1-3-11(4-2-10)17-13(18)9-20-12-5-7-16-8-6-12/h10-12,16H,1-9H2,(H2,15,19)(H,17,18). The van der Waals surface area contributed by atoms with Gasteiger partial charge in [0.05, 0.1) is 5.75 Å². The van der Waals surface area contributed by atoms with Crippen LogP contribution in [0, 0.1) is 5.92 Å². The molecule has 1 heterocycles. The van der Waals surface area contributed by atoms with Gasteiger partial charge in [-0.3, -0.25) is 9.59 Å². The molecule has 0 bridgehead atoms. The maximum absolute atomic E-state index is 11.9. The van der Waals surface area contributed by atoms with Gasteiger partial charge in [0.25, 0.3) is 0 Å². The molecule has 5 nitrogen and oxygen atoms in total. The average Bonchev–Trinajstić information content (AvgIpc) is 2.47. The number of carbonyl (C=O) groups is 2. The maximum Gasteiger partial charge on any atom is 0.230 e.